The molecule has 3 rings (SSSR count). The first-order valence-corrected chi connectivity index (χ1v) is 9.30. The van der Waals surface area contributed by atoms with Crippen LogP contribution in [0, 0.1) is 6.92 Å². The second kappa shape index (κ2) is 11.4. The number of hydrogen-bond donors (Lipinski definition) is 2. The van der Waals surface area contributed by atoms with Crippen LogP contribution in [-0.4, -0.2) is 34.4 Å². The van der Waals surface area contributed by atoms with Crippen molar-refractivity contribution in [1.29, 1.82) is 0 Å². The van der Waals surface area contributed by atoms with Crippen LogP contribution in [0.25, 0.3) is 5.69 Å². The Labute approximate surface area is 188 Å². The summed E-state index contributed by atoms with van der Waals surface area (Å²) in [5.74, 6) is 1.65. The molecule has 0 unspecified atom stereocenters. The molecule has 0 saturated heterocycles. The zero-order valence-corrected chi connectivity index (χ0v) is 19.3. The minimum Gasteiger partial charge on any atom is -0.494 e. The molecule has 0 aliphatic rings. The second-order valence-electron chi connectivity index (χ2n) is 6.33. The molecule has 1 heterocycles. The van der Waals surface area contributed by atoms with Crippen LogP contribution in [0.5, 0.6) is 5.75 Å². The zero-order valence-electron chi connectivity index (χ0n) is 16.9. The molecule has 154 valence electrons. The van der Waals surface area contributed by atoms with Gasteiger partial charge in [-0.2, -0.15) is 5.10 Å². The van der Waals surface area contributed by atoms with Gasteiger partial charge in [-0.1, -0.05) is 24.3 Å². The Balaban J connectivity index is 0.00000300. The highest BCUT2D eigenvalue weighted by molar-refractivity contribution is 14.0. The molecule has 0 saturated carbocycles. The van der Waals surface area contributed by atoms with E-state index in [4.69, 9.17) is 4.74 Å². The van der Waals surface area contributed by atoms with Gasteiger partial charge < -0.3 is 15.4 Å². The van der Waals surface area contributed by atoms with Gasteiger partial charge in [-0.05, 0) is 43.2 Å². The predicted molar refractivity (Wildman–Crippen MR) is 126 cm³/mol. The average molecular weight is 506 g/mol. The number of ether oxygens (including phenoxy) is 1. The van der Waals surface area contributed by atoms with Crippen molar-refractivity contribution < 1.29 is 4.74 Å². The first kappa shape index (κ1) is 22.7. The van der Waals surface area contributed by atoms with Crippen molar-refractivity contribution in [3.8, 4) is 11.4 Å². The minimum atomic E-state index is 0. The van der Waals surface area contributed by atoms with E-state index in [9.17, 15) is 0 Å². The highest BCUT2D eigenvalue weighted by atomic mass is 127. The summed E-state index contributed by atoms with van der Waals surface area (Å²) in [6, 6.07) is 14.4. The molecule has 0 fully saturated rings. The number of rotatable bonds is 7. The van der Waals surface area contributed by atoms with Crippen molar-refractivity contribution >= 4 is 29.9 Å². The van der Waals surface area contributed by atoms with Crippen LogP contribution in [0.2, 0.25) is 0 Å². The van der Waals surface area contributed by atoms with Gasteiger partial charge in [0.1, 0.15) is 18.4 Å². The van der Waals surface area contributed by atoms with Gasteiger partial charge in [0.15, 0.2) is 5.96 Å². The third-order valence-electron chi connectivity index (χ3n) is 4.27. The maximum absolute atomic E-state index is 5.74. The van der Waals surface area contributed by atoms with E-state index < -0.39 is 0 Å². The van der Waals surface area contributed by atoms with Crippen LogP contribution in [0.15, 0.2) is 60.1 Å². The lowest BCUT2D eigenvalue weighted by molar-refractivity contribution is 0.336. The molecule has 0 atom stereocenters. The molecule has 0 radical (unpaired) electrons. The molecule has 0 aliphatic carbocycles. The number of hydrogen-bond acceptors (Lipinski definition) is 4. The standard InChI is InChI=1S/C21H26N6O.HI/c1-4-28-20-11-16(2)5-8-18(20)13-25-21(22-3)24-12-17-6-9-19(10-7-17)27-15-23-14-26-27;/h5-11,14-15H,4,12-13H2,1-3H3,(H2,22,24,25);1H. The van der Waals surface area contributed by atoms with Crippen LogP contribution in [0.4, 0.5) is 0 Å². The highest BCUT2D eigenvalue weighted by Crippen LogP contribution is 2.20. The highest BCUT2D eigenvalue weighted by Gasteiger charge is 2.06. The van der Waals surface area contributed by atoms with E-state index >= 15 is 0 Å². The second-order valence-corrected chi connectivity index (χ2v) is 6.33. The zero-order chi connectivity index (χ0) is 19.8. The van der Waals surface area contributed by atoms with Crippen LogP contribution < -0.4 is 15.4 Å². The molecule has 3 aromatic rings. The number of nitrogens with one attached hydrogen (secondary N) is 2. The normalized spacial score (nSPS) is 10.9. The van der Waals surface area contributed by atoms with Crippen molar-refractivity contribution in [2.45, 2.75) is 26.9 Å². The fraction of sp³-hybridized carbons (Fsp3) is 0.286. The summed E-state index contributed by atoms with van der Waals surface area (Å²) in [7, 11) is 1.77. The van der Waals surface area contributed by atoms with E-state index in [0.29, 0.717) is 19.7 Å². The summed E-state index contributed by atoms with van der Waals surface area (Å²) in [5, 5.41) is 10.8. The number of nitrogens with zero attached hydrogens (tertiary/aromatic N) is 4. The Morgan fingerprint density at radius 3 is 2.52 bits per heavy atom. The number of aromatic nitrogens is 3. The molecule has 1 aromatic heterocycles. The summed E-state index contributed by atoms with van der Waals surface area (Å²) in [6.07, 6.45) is 3.21. The molecule has 0 amide bonds. The van der Waals surface area contributed by atoms with E-state index in [1.54, 1.807) is 18.1 Å². The van der Waals surface area contributed by atoms with E-state index in [1.165, 1.54) is 11.9 Å². The minimum absolute atomic E-state index is 0. The molecule has 7 nitrogen and oxygen atoms in total. The molecule has 2 aromatic carbocycles. The van der Waals surface area contributed by atoms with E-state index in [-0.39, 0.29) is 24.0 Å². The molecule has 8 heteroatoms. The summed E-state index contributed by atoms with van der Waals surface area (Å²) >= 11 is 0. The first-order chi connectivity index (χ1) is 13.7. The van der Waals surface area contributed by atoms with Crippen LogP contribution in [-0.2, 0) is 13.1 Å². The fourth-order valence-electron chi connectivity index (χ4n) is 2.79. The van der Waals surface area contributed by atoms with Gasteiger partial charge in [-0.15, -0.1) is 24.0 Å². The predicted octanol–water partition coefficient (Wildman–Crippen LogP) is 3.46. The third-order valence-corrected chi connectivity index (χ3v) is 4.27. The monoisotopic (exact) mass is 506 g/mol. The van der Waals surface area contributed by atoms with E-state index in [2.05, 4.69) is 63.0 Å². The van der Waals surface area contributed by atoms with Gasteiger partial charge in [0, 0.05) is 25.7 Å². The lowest BCUT2D eigenvalue weighted by atomic mass is 10.1. The molecule has 0 aliphatic heterocycles. The lowest BCUT2D eigenvalue weighted by Gasteiger charge is -2.15. The van der Waals surface area contributed by atoms with Crippen molar-refractivity contribution in [3.05, 3.63) is 71.8 Å². The van der Waals surface area contributed by atoms with Gasteiger partial charge in [0.05, 0.1) is 12.3 Å². The SMILES string of the molecule is CCOc1cc(C)ccc1CNC(=NC)NCc1ccc(-n2cncn2)cc1.I. The summed E-state index contributed by atoms with van der Waals surface area (Å²) < 4.78 is 7.47. The van der Waals surface area contributed by atoms with Gasteiger partial charge in [0.25, 0.3) is 0 Å². The Bertz CT molecular complexity index is 909. The molecule has 2 N–H and O–H groups in total. The van der Waals surface area contributed by atoms with Crippen LogP contribution >= 0.6 is 24.0 Å². The Morgan fingerprint density at radius 1 is 1.10 bits per heavy atom. The Morgan fingerprint density at radius 2 is 1.86 bits per heavy atom. The van der Waals surface area contributed by atoms with E-state index in [1.807, 2.05) is 19.1 Å². The van der Waals surface area contributed by atoms with Crippen LogP contribution in [0.3, 0.4) is 0 Å². The number of aryl methyl sites for hydroxylation is 1. The number of benzene rings is 2. The van der Waals surface area contributed by atoms with Crippen LogP contribution in [0.1, 0.15) is 23.6 Å². The van der Waals surface area contributed by atoms with Gasteiger partial charge in [-0.25, -0.2) is 9.67 Å². The van der Waals surface area contributed by atoms with Gasteiger partial charge >= 0.3 is 0 Å². The first-order valence-electron chi connectivity index (χ1n) is 9.30. The van der Waals surface area contributed by atoms with Crippen molar-refractivity contribution in [1.82, 2.24) is 25.4 Å². The average Bonchev–Trinajstić information content (AvgIpc) is 3.25. The largest absolute Gasteiger partial charge is 0.494 e. The molecule has 29 heavy (non-hydrogen) atoms. The maximum atomic E-state index is 5.74. The van der Waals surface area contributed by atoms with Gasteiger partial charge in [0.2, 0.25) is 0 Å². The number of guanidine groups is 1. The van der Waals surface area contributed by atoms with Crippen molar-refractivity contribution in [3.63, 3.8) is 0 Å². The molecular formula is C21H27IN6O. The topological polar surface area (TPSA) is 76.4 Å². The number of halogens is 1. The Hall–Kier alpha value is -2.62. The quantitative estimate of drug-likeness (QED) is 0.292. The molecular weight excluding hydrogens is 479 g/mol. The van der Waals surface area contributed by atoms with Crippen molar-refractivity contribution in [2.75, 3.05) is 13.7 Å². The lowest BCUT2D eigenvalue weighted by Crippen LogP contribution is -2.36. The van der Waals surface area contributed by atoms with Gasteiger partial charge in [-0.3, -0.25) is 4.99 Å². The molecule has 0 bridgehead atoms. The third kappa shape index (κ3) is 6.45. The summed E-state index contributed by atoms with van der Waals surface area (Å²) in [6.45, 7) is 6.01. The fourth-order valence-corrected chi connectivity index (χ4v) is 2.79. The number of aliphatic imine (C=N–C) groups is 1. The van der Waals surface area contributed by atoms with E-state index in [0.717, 1.165) is 28.5 Å². The smallest absolute Gasteiger partial charge is 0.191 e. The summed E-state index contributed by atoms with van der Waals surface area (Å²) in [4.78, 5) is 8.27. The summed E-state index contributed by atoms with van der Waals surface area (Å²) in [5.41, 5.74) is 4.42. The molecule has 0 spiro atoms. The Kier molecular flexibility index (Phi) is 8.91. The maximum Gasteiger partial charge on any atom is 0.191 e. The van der Waals surface area contributed by atoms with Crippen molar-refractivity contribution in [2.24, 2.45) is 4.99 Å².